The molecule has 0 bridgehead atoms. The third-order valence-corrected chi connectivity index (χ3v) is 3.82. The molecule has 0 spiro atoms. The smallest absolute Gasteiger partial charge is 0.257 e. The molecule has 2 heterocycles. The van der Waals surface area contributed by atoms with Crippen molar-refractivity contribution in [3.05, 3.63) is 35.6 Å². The molecule has 1 aliphatic rings. The summed E-state index contributed by atoms with van der Waals surface area (Å²) in [5.74, 6) is -0.215. The highest BCUT2D eigenvalue weighted by Crippen LogP contribution is 2.25. The molecule has 3 rings (SSSR count). The number of nitrogens with zero attached hydrogens (tertiary/aromatic N) is 1. The Balaban J connectivity index is 1.95. The lowest BCUT2D eigenvalue weighted by Gasteiger charge is -2.14. The second-order valence-electron chi connectivity index (χ2n) is 5.18. The number of carbonyl (C=O) groups excluding carboxylic acids is 1. The van der Waals surface area contributed by atoms with E-state index in [4.69, 9.17) is 4.42 Å². The van der Waals surface area contributed by atoms with Crippen LogP contribution in [0, 0.1) is 0 Å². The fraction of sp³-hybridized carbons (Fsp3) is 0.400. The van der Waals surface area contributed by atoms with Gasteiger partial charge >= 0.3 is 0 Å². The molecule has 1 amide bonds. The van der Waals surface area contributed by atoms with Crippen molar-refractivity contribution in [2.45, 2.75) is 25.6 Å². The van der Waals surface area contributed by atoms with E-state index < -0.39 is 12.2 Å². The van der Waals surface area contributed by atoms with Crippen molar-refractivity contribution in [2.75, 3.05) is 13.1 Å². The van der Waals surface area contributed by atoms with Gasteiger partial charge in [-0.15, -0.1) is 0 Å². The molecule has 0 saturated carbocycles. The van der Waals surface area contributed by atoms with Gasteiger partial charge in [-0.2, -0.15) is 0 Å². The van der Waals surface area contributed by atoms with Crippen LogP contribution in [0.4, 0.5) is 0 Å². The van der Waals surface area contributed by atoms with Crippen LogP contribution < -0.4 is 0 Å². The highest BCUT2D eigenvalue weighted by atomic mass is 16.3. The van der Waals surface area contributed by atoms with Crippen LogP contribution in [0.2, 0.25) is 0 Å². The predicted molar refractivity (Wildman–Crippen MR) is 73.5 cm³/mol. The van der Waals surface area contributed by atoms with E-state index >= 15 is 0 Å². The van der Waals surface area contributed by atoms with Gasteiger partial charge in [0.25, 0.3) is 5.91 Å². The number of carbonyl (C=O) groups is 1. The number of likely N-dealkylation sites (tertiary alicyclic amines) is 1. The lowest BCUT2D eigenvalue weighted by molar-refractivity contribution is 0.0572. The van der Waals surface area contributed by atoms with Crippen molar-refractivity contribution in [1.29, 1.82) is 0 Å². The summed E-state index contributed by atoms with van der Waals surface area (Å²) in [5.41, 5.74) is 2.29. The number of fused-ring (bicyclic) bond motifs is 1. The Bertz CT molecular complexity index is 638. The zero-order valence-corrected chi connectivity index (χ0v) is 11.2. The number of rotatable bonds is 2. The monoisotopic (exact) mass is 275 g/mol. The zero-order valence-electron chi connectivity index (χ0n) is 11.2. The number of furan rings is 1. The molecule has 5 heteroatoms. The average molecular weight is 275 g/mol. The second kappa shape index (κ2) is 4.92. The van der Waals surface area contributed by atoms with Crippen molar-refractivity contribution >= 4 is 16.9 Å². The van der Waals surface area contributed by atoms with Gasteiger partial charge in [0.2, 0.25) is 0 Å². The number of benzene rings is 1. The molecule has 2 aromatic rings. The molecule has 0 unspecified atom stereocenters. The molecule has 0 radical (unpaired) electrons. The van der Waals surface area contributed by atoms with Crippen molar-refractivity contribution in [2.24, 2.45) is 0 Å². The van der Waals surface area contributed by atoms with Crippen LogP contribution in [0.3, 0.4) is 0 Å². The molecular formula is C15H17NO4. The Morgan fingerprint density at radius 3 is 2.70 bits per heavy atom. The molecule has 1 aromatic heterocycles. The number of hydrogen-bond donors (Lipinski definition) is 2. The molecule has 1 aliphatic heterocycles. The summed E-state index contributed by atoms with van der Waals surface area (Å²) in [4.78, 5) is 13.9. The Morgan fingerprint density at radius 2 is 2.05 bits per heavy atom. The Labute approximate surface area is 116 Å². The fourth-order valence-electron chi connectivity index (χ4n) is 2.57. The van der Waals surface area contributed by atoms with Crippen molar-refractivity contribution in [3.8, 4) is 0 Å². The Hall–Kier alpha value is -1.85. The highest BCUT2D eigenvalue weighted by Gasteiger charge is 2.34. The first-order valence-electron chi connectivity index (χ1n) is 6.75. The number of hydrogen-bond acceptors (Lipinski definition) is 4. The fourth-order valence-corrected chi connectivity index (χ4v) is 2.57. The van der Waals surface area contributed by atoms with Crippen molar-refractivity contribution < 1.29 is 19.4 Å². The van der Waals surface area contributed by atoms with Crippen LogP contribution in [-0.4, -0.2) is 46.3 Å². The van der Waals surface area contributed by atoms with E-state index in [0.29, 0.717) is 11.1 Å². The van der Waals surface area contributed by atoms with E-state index in [1.807, 2.05) is 18.2 Å². The van der Waals surface area contributed by atoms with Crippen LogP contribution in [-0.2, 0) is 6.42 Å². The molecular weight excluding hydrogens is 258 g/mol. The minimum absolute atomic E-state index is 0.153. The molecule has 1 fully saturated rings. The van der Waals surface area contributed by atoms with Gasteiger partial charge < -0.3 is 19.5 Å². The van der Waals surface area contributed by atoms with E-state index in [1.54, 1.807) is 0 Å². The summed E-state index contributed by atoms with van der Waals surface area (Å²) in [5, 5.41) is 19.9. The Kier molecular flexibility index (Phi) is 3.23. The summed E-state index contributed by atoms with van der Waals surface area (Å²) < 4.78 is 5.41. The van der Waals surface area contributed by atoms with Crippen LogP contribution in [0.15, 0.2) is 28.9 Å². The molecule has 1 aromatic carbocycles. The van der Waals surface area contributed by atoms with Gasteiger partial charge in [0.05, 0.1) is 17.8 Å². The van der Waals surface area contributed by atoms with Crippen LogP contribution in [0.1, 0.15) is 22.8 Å². The van der Waals surface area contributed by atoms with Crippen LogP contribution >= 0.6 is 0 Å². The number of aliphatic hydroxyl groups is 2. The van der Waals surface area contributed by atoms with Crippen molar-refractivity contribution in [1.82, 2.24) is 4.90 Å². The first-order chi connectivity index (χ1) is 9.60. The van der Waals surface area contributed by atoms with E-state index in [1.165, 1.54) is 11.2 Å². The minimum Gasteiger partial charge on any atom is -0.463 e. The minimum atomic E-state index is -0.872. The van der Waals surface area contributed by atoms with E-state index in [9.17, 15) is 15.0 Å². The lowest BCUT2D eigenvalue weighted by Crippen LogP contribution is -2.29. The first-order valence-corrected chi connectivity index (χ1v) is 6.75. The van der Waals surface area contributed by atoms with Gasteiger partial charge in [0, 0.05) is 18.5 Å². The van der Waals surface area contributed by atoms with E-state index in [-0.39, 0.29) is 19.0 Å². The standard InChI is InChI=1S/C15H17NO4/c1-2-9-3-4-14-10(5-9)11(8-20-14)15(19)16-6-12(17)13(18)7-16/h3-5,8,12-13,17-18H,2,6-7H2,1H3/t12-,13-/m1/s1. The summed E-state index contributed by atoms with van der Waals surface area (Å²) >= 11 is 0. The molecule has 2 N–H and O–H groups in total. The van der Waals surface area contributed by atoms with Gasteiger partial charge in [-0.3, -0.25) is 4.79 Å². The topological polar surface area (TPSA) is 73.9 Å². The van der Waals surface area contributed by atoms with Gasteiger partial charge in [0.1, 0.15) is 11.8 Å². The van der Waals surface area contributed by atoms with Crippen LogP contribution in [0.5, 0.6) is 0 Å². The average Bonchev–Trinajstić information content (AvgIpc) is 3.01. The quantitative estimate of drug-likeness (QED) is 0.863. The molecule has 0 aliphatic carbocycles. The highest BCUT2D eigenvalue weighted by molar-refractivity contribution is 6.06. The van der Waals surface area contributed by atoms with Crippen molar-refractivity contribution in [3.63, 3.8) is 0 Å². The predicted octanol–water partition coefficient (Wildman–Crippen LogP) is 1.17. The number of amides is 1. The molecule has 2 atom stereocenters. The molecule has 20 heavy (non-hydrogen) atoms. The number of β-amino-alcohol motifs (C(OH)–C–C–N with tert-alkyl or cyclic N) is 2. The first kappa shape index (κ1) is 13.1. The maximum absolute atomic E-state index is 12.5. The third kappa shape index (κ3) is 2.09. The Morgan fingerprint density at radius 1 is 1.35 bits per heavy atom. The molecule has 106 valence electrons. The van der Waals surface area contributed by atoms with Gasteiger partial charge in [-0.05, 0) is 24.1 Å². The largest absolute Gasteiger partial charge is 0.463 e. The number of aliphatic hydroxyl groups excluding tert-OH is 2. The summed E-state index contributed by atoms with van der Waals surface area (Å²) in [6.07, 6.45) is 0.589. The van der Waals surface area contributed by atoms with Crippen LogP contribution in [0.25, 0.3) is 11.0 Å². The molecule has 5 nitrogen and oxygen atoms in total. The second-order valence-corrected chi connectivity index (χ2v) is 5.18. The van der Waals surface area contributed by atoms with Gasteiger partial charge in [0.15, 0.2) is 0 Å². The molecule has 1 saturated heterocycles. The summed E-state index contributed by atoms with van der Waals surface area (Å²) in [7, 11) is 0. The number of aryl methyl sites for hydroxylation is 1. The maximum Gasteiger partial charge on any atom is 0.257 e. The van der Waals surface area contributed by atoms with E-state index in [2.05, 4.69) is 6.92 Å². The SMILES string of the molecule is CCc1ccc2occ(C(=O)N3C[C@@H](O)[C@H](O)C3)c2c1. The zero-order chi connectivity index (χ0) is 14.3. The summed E-state index contributed by atoms with van der Waals surface area (Å²) in [6.45, 7) is 2.36. The maximum atomic E-state index is 12.5. The lowest BCUT2D eigenvalue weighted by atomic mass is 10.1. The van der Waals surface area contributed by atoms with Gasteiger partial charge in [-0.25, -0.2) is 0 Å². The normalized spacial score (nSPS) is 22.6. The van der Waals surface area contributed by atoms with Gasteiger partial charge in [-0.1, -0.05) is 13.0 Å². The van der Waals surface area contributed by atoms with E-state index in [0.717, 1.165) is 17.4 Å². The third-order valence-electron chi connectivity index (χ3n) is 3.82. The summed E-state index contributed by atoms with van der Waals surface area (Å²) in [6, 6.07) is 5.79.